The van der Waals surface area contributed by atoms with Gasteiger partial charge in [-0.25, -0.2) is 4.39 Å². The molecule has 0 heterocycles. The highest BCUT2D eigenvalue weighted by Gasteiger charge is 2.51. The first-order valence-corrected chi connectivity index (χ1v) is 7.08. The maximum absolute atomic E-state index is 14.8. The number of Topliss-reactive ketones (excluding diaryl/α,β-unsaturated/α-hetero) is 1. The van der Waals surface area contributed by atoms with Crippen molar-refractivity contribution < 1.29 is 18.7 Å². The summed E-state index contributed by atoms with van der Waals surface area (Å²) in [4.78, 5) is 24.0. The Kier molecular flexibility index (Phi) is 3.19. The van der Waals surface area contributed by atoms with E-state index in [1.54, 1.807) is 6.92 Å². The van der Waals surface area contributed by atoms with Gasteiger partial charge in [0, 0.05) is 6.42 Å². The fourth-order valence-electron chi connectivity index (χ4n) is 3.69. The summed E-state index contributed by atoms with van der Waals surface area (Å²) in [6.45, 7) is 1.75. The lowest BCUT2D eigenvalue weighted by molar-refractivity contribution is -0.151. The van der Waals surface area contributed by atoms with Crippen molar-refractivity contribution in [2.24, 2.45) is 5.92 Å². The Morgan fingerprint density at radius 1 is 1.38 bits per heavy atom. The maximum Gasteiger partial charge on any atom is 0.316 e. The highest BCUT2D eigenvalue weighted by atomic mass is 19.1. The first kappa shape index (κ1) is 14.0. The predicted molar refractivity (Wildman–Crippen MR) is 76.2 cm³/mol. The van der Waals surface area contributed by atoms with Gasteiger partial charge in [0.1, 0.15) is 17.5 Å². The maximum atomic E-state index is 14.8. The third-order valence-corrected chi connectivity index (χ3v) is 4.81. The monoisotopic (exact) mass is 288 g/mol. The minimum absolute atomic E-state index is 0.0347. The summed E-state index contributed by atoms with van der Waals surface area (Å²) in [5, 5.41) is 0. The van der Waals surface area contributed by atoms with Gasteiger partial charge in [0.2, 0.25) is 0 Å². The van der Waals surface area contributed by atoms with Gasteiger partial charge >= 0.3 is 5.97 Å². The first-order chi connectivity index (χ1) is 10.0. The quantitative estimate of drug-likeness (QED) is 0.589. The molecule has 2 aliphatic carbocycles. The molecule has 21 heavy (non-hydrogen) atoms. The number of carbonyl (C=O) groups excluding carboxylic acids is 2. The number of halogens is 1. The molecule has 1 aromatic carbocycles. The van der Waals surface area contributed by atoms with Crippen LogP contribution in [0.5, 0.6) is 0 Å². The van der Waals surface area contributed by atoms with Crippen LogP contribution in [0.15, 0.2) is 30.1 Å². The highest BCUT2D eigenvalue weighted by molar-refractivity contribution is 6.01. The van der Waals surface area contributed by atoms with E-state index < -0.39 is 17.3 Å². The van der Waals surface area contributed by atoms with E-state index in [1.165, 1.54) is 7.11 Å². The molecule has 2 unspecified atom stereocenters. The molecule has 1 aromatic rings. The average Bonchev–Trinajstić information content (AvgIpc) is 2.70. The van der Waals surface area contributed by atoms with E-state index in [4.69, 9.17) is 0 Å². The number of ketones is 1. The smallest absolute Gasteiger partial charge is 0.316 e. The number of benzene rings is 1. The molecule has 0 aromatic heterocycles. The zero-order valence-electron chi connectivity index (χ0n) is 12.1. The van der Waals surface area contributed by atoms with Gasteiger partial charge in [-0.15, -0.1) is 0 Å². The molecule has 0 N–H and O–H groups in total. The zero-order valence-corrected chi connectivity index (χ0v) is 12.1. The van der Waals surface area contributed by atoms with E-state index in [1.807, 2.05) is 24.3 Å². The van der Waals surface area contributed by atoms with Crippen molar-refractivity contribution in [3.8, 4) is 0 Å². The van der Waals surface area contributed by atoms with Crippen LogP contribution in [0.2, 0.25) is 0 Å². The van der Waals surface area contributed by atoms with Crippen LogP contribution in [0.1, 0.15) is 37.3 Å². The average molecular weight is 288 g/mol. The molecule has 1 spiro atoms. The summed E-state index contributed by atoms with van der Waals surface area (Å²) in [6.07, 6.45) is 0.826. The van der Waals surface area contributed by atoms with Crippen LogP contribution in [-0.4, -0.2) is 18.9 Å². The van der Waals surface area contributed by atoms with Crippen LogP contribution >= 0.6 is 0 Å². The molecule has 3 nitrogen and oxygen atoms in total. The van der Waals surface area contributed by atoms with Crippen LogP contribution in [0.25, 0.3) is 5.57 Å². The molecule has 0 aliphatic heterocycles. The largest absolute Gasteiger partial charge is 0.468 e. The zero-order chi connectivity index (χ0) is 15.2. The fourth-order valence-corrected chi connectivity index (χ4v) is 3.69. The molecule has 0 amide bonds. The van der Waals surface area contributed by atoms with Gasteiger partial charge in [0.25, 0.3) is 0 Å². The Balaban J connectivity index is 2.01. The summed E-state index contributed by atoms with van der Waals surface area (Å²) < 4.78 is 19.5. The number of rotatable bonds is 1. The molecule has 3 rings (SSSR count). The lowest BCUT2D eigenvalue weighted by Gasteiger charge is -2.36. The van der Waals surface area contributed by atoms with E-state index in [2.05, 4.69) is 4.74 Å². The summed E-state index contributed by atoms with van der Waals surface area (Å²) in [5.74, 6) is -1.71. The summed E-state index contributed by atoms with van der Waals surface area (Å²) in [6, 6.07) is 7.51. The molecule has 4 heteroatoms. The SMILES string of the molecule is COC(=O)C1CCC2(CC1=O)C(F)=C(C)c1ccccc12. The summed E-state index contributed by atoms with van der Waals surface area (Å²) in [7, 11) is 1.27. The van der Waals surface area contributed by atoms with Crippen LogP contribution in [0.4, 0.5) is 4.39 Å². The summed E-state index contributed by atoms with van der Waals surface area (Å²) >= 11 is 0. The molecule has 1 saturated carbocycles. The van der Waals surface area contributed by atoms with Gasteiger partial charge in [0.05, 0.1) is 12.5 Å². The Morgan fingerprint density at radius 3 is 2.76 bits per heavy atom. The Morgan fingerprint density at radius 2 is 2.10 bits per heavy atom. The minimum atomic E-state index is -0.873. The lowest BCUT2D eigenvalue weighted by atomic mass is 9.66. The molecular formula is C17H17FO3. The number of ether oxygens (including phenoxy) is 1. The Hall–Kier alpha value is -1.97. The Bertz CT molecular complexity index is 662. The fraction of sp³-hybridized carbons (Fsp3) is 0.412. The van der Waals surface area contributed by atoms with Gasteiger partial charge in [-0.2, -0.15) is 0 Å². The van der Waals surface area contributed by atoms with Crippen LogP contribution in [0, 0.1) is 5.92 Å². The summed E-state index contributed by atoms with van der Waals surface area (Å²) in [5.41, 5.74) is 1.48. The van der Waals surface area contributed by atoms with Crippen LogP contribution in [-0.2, 0) is 19.7 Å². The highest BCUT2D eigenvalue weighted by Crippen LogP contribution is 2.54. The molecule has 110 valence electrons. The predicted octanol–water partition coefficient (Wildman–Crippen LogP) is 3.18. The van der Waals surface area contributed by atoms with Crippen LogP contribution in [0.3, 0.4) is 0 Å². The molecule has 0 bridgehead atoms. The van der Waals surface area contributed by atoms with Crippen molar-refractivity contribution in [2.75, 3.05) is 7.11 Å². The Labute approximate surface area is 122 Å². The number of fused-ring (bicyclic) bond motifs is 2. The van der Waals surface area contributed by atoms with Crippen LogP contribution < -0.4 is 0 Å². The standard InChI is InChI=1S/C17H17FO3/c1-10-11-5-3-4-6-13(11)17(15(10)18)8-7-12(14(19)9-17)16(20)21-2/h3-6,12H,7-9H2,1-2H3. The normalized spacial score (nSPS) is 28.0. The molecule has 2 aliphatic rings. The number of carbonyl (C=O) groups is 2. The first-order valence-electron chi connectivity index (χ1n) is 7.08. The van der Waals surface area contributed by atoms with Gasteiger partial charge in [-0.1, -0.05) is 24.3 Å². The van der Waals surface area contributed by atoms with Crippen molar-refractivity contribution in [3.63, 3.8) is 0 Å². The van der Waals surface area contributed by atoms with Crippen molar-refractivity contribution in [1.82, 2.24) is 0 Å². The van der Waals surface area contributed by atoms with Crippen molar-refractivity contribution in [2.45, 2.75) is 31.6 Å². The van der Waals surface area contributed by atoms with Crippen molar-refractivity contribution in [3.05, 3.63) is 41.2 Å². The number of hydrogen-bond acceptors (Lipinski definition) is 3. The second kappa shape index (κ2) is 4.79. The third kappa shape index (κ3) is 1.85. The topological polar surface area (TPSA) is 43.4 Å². The molecule has 2 atom stereocenters. The molecule has 0 radical (unpaired) electrons. The second-order valence-electron chi connectivity index (χ2n) is 5.82. The van der Waals surface area contributed by atoms with Gasteiger partial charge in [-0.3, -0.25) is 9.59 Å². The van der Waals surface area contributed by atoms with Gasteiger partial charge in [-0.05, 0) is 36.5 Å². The van der Waals surface area contributed by atoms with E-state index >= 15 is 0 Å². The molecule has 0 saturated heterocycles. The van der Waals surface area contributed by atoms with Crippen molar-refractivity contribution >= 4 is 17.3 Å². The third-order valence-electron chi connectivity index (χ3n) is 4.81. The van der Waals surface area contributed by atoms with E-state index in [0.29, 0.717) is 18.4 Å². The number of hydrogen-bond donors (Lipinski definition) is 0. The van der Waals surface area contributed by atoms with E-state index in [-0.39, 0.29) is 18.0 Å². The lowest BCUT2D eigenvalue weighted by Crippen LogP contribution is -2.40. The second-order valence-corrected chi connectivity index (χ2v) is 5.82. The van der Waals surface area contributed by atoms with E-state index in [0.717, 1.165) is 11.1 Å². The van der Waals surface area contributed by atoms with E-state index in [9.17, 15) is 14.0 Å². The molecule has 1 fully saturated rings. The van der Waals surface area contributed by atoms with Crippen molar-refractivity contribution in [1.29, 1.82) is 0 Å². The minimum Gasteiger partial charge on any atom is -0.468 e. The van der Waals surface area contributed by atoms with Gasteiger partial charge in [0.15, 0.2) is 0 Å². The number of esters is 1. The number of allylic oxidation sites excluding steroid dienone is 2. The molecular weight excluding hydrogens is 271 g/mol. The number of methoxy groups -OCH3 is 1. The van der Waals surface area contributed by atoms with Gasteiger partial charge < -0.3 is 4.74 Å².